The molecule has 0 aromatic heterocycles. The highest BCUT2D eigenvalue weighted by molar-refractivity contribution is 7.86. The van der Waals surface area contributed by atoms with Crippen LogP contribution in [0.5, 0.6) is 0 Å². The number of rotatable bonds is 5. The van der Waals surface area contributed by atoms with Crippen molar-refractivity contribution in [1.82, 2.24) is 13.5 Å². The molecule has 0 aromatic rings. The molecule has 0 unspecified atom stereocenters. The molecule has 22 heavy (non-hydrogen) atoms. The van der Waals surface area contributed by atoms with Gasteiger partial charge in [0.25, 0.3) is 10.2 Å². The van der Waals surface area contributed by atoms with Crippen molar-refractivity contribution < 1.29 is 13.2 Å². The molecule has 0 spiro atoms. The second kappa shape index (κ2) is 6.84. The van der Waals surface area contributed by atoms with Crippen LogP contribution in [0.15, 0.2) is 0 Å². The van der Waals surface area contributed by atoms with E-state index < -0.39 is 10.2 Å². The summed E-state index contributed by atoms with van der Waals surface area (Å²) in [6.45, 7) is 7.77. The Morgan fingerprint density at radius 3 is 2.27 bits per heavy atom. The predicted octanol–water partition coefficient (Wildman–Crippen LogP) is 1.15. The molecule has 0 aromatic carbocycles. The molecule has 1 saturated heterocycles. The van der Waals surface area contributed by atoms with Crippen LogP contribution < -0.4 is 0 Å². The van der Waals surface area contributed by atoms with Crippen LogP contribution in [0.4, 0.5) is 0 Å². The Morgan fingerprint density at radius 1 is 1.09 bits per heavy atom. The third kappa shape index (κ3) is 3.81. The quantitative estimate of drug-likeness (QED) is 0.759. The maximum Gasteiger partial charge on any atom is 0.282 e. The molecular weight excluding hydrogens is 302 g/mol. The molecule has 0 bridgehead atoms. The lowest BCUT2D eigenvalue weighted by Crippen LogP contribution is -2.47. The molecule has 1 heterocycles. The van der Waals surface area contributed by atoms with Crippen molar-refractivity contribution in [2.45, 2.75) is 46.1 Å². The molecule has 1 aliphatic heterocycles. The first kappa shape index (κ1) is 17.7. The molecule has 0 N–H and O–H groups in total. The molecule has 1 saturated carbocycles. The first-order chi connectivity index (χ1) is 10.2. The van der Waals surface area contributed by atoms with Crippen LogP contribution in [0.1, 0.15) is 40.0 Å². The lowest BCUT2D eigenvalue weighted by Gasteiger charge is -2.30. The molecule has 2 rings (SSSR count). The van der Waals surface area contributed by atoms with E-state index in [1.165, 1.54) is 4.31 Å². The van der Waals surface area contributed by atoms with E-state index in [1.807, 2.05) is 20.8 Å². The van der Waals surface area contributed by atoms with Crippen LogP contribution in [0.25, 0.3) is 0 Å². The van der Waals surface area contributed by atoms with Crippen molar-refractivity contribution in [3.05, 3.63) is 0 Å². The van der Waals surface area contributed by atoms with Gasteiger partial charge in [-0.25, -0.2) is 0 Å². The molecule has 1 amide bonds. The van der Waals surface area contributed by atoms with Gasteiger partial charge in [0.1, 0.15) is 0 Å². The van der Waals surface area contributed by atoms with Crippen molar-refractivity contribution in [2.24, 2.45) is 11.8 Å². The van der Waals surface area contributed by atoms with Crippen LogP contribution in [0.3, 0.4) is 0 Å². The lowest BCUT2D eigenvalue weighted by atomic mass is 10.2. The van der Waals surface area contributed by atoms with Gasteiger partial charge in [-0.05, 0) is 32.1 Å². The van der Waals surface area contributed by atoms with Crippen molar-refractivity contribution >= 4 is 16.1 Å². The average Bonchev–Trinajstić information content (AvgIpc) is 3.30. The lowest BCUT2D eigenvalue weighted by molar-refractivity contribution is -0.134. The molecule has 7 heteroatoms. The predicted molar refractivity (Wildman–Crippen MR) is 86.5 cm³/mol. The first-order valence-corrected chi connectivity index (χ1v) is 9.66. The fraction of sp³-hybridized carbons (Fsp3) is 0.933. The highest BCUT2D eigenvalue weighted by Crippen LogP contribution is 2.35. The molecular formula is C15H29N3O3S. The summed E-state index contributed by atoms with van der Waals surface area (Å²) in [5.41, 5.74) is 0. The van der Waals surface area contributed by atoms with Crippen LogP contribution in [-0.2, 0) is 15.0 Å². The van der Waals surface area contributed by atoms with Gasteiger partial charge in [0.05, 0.1) is 0 Å². The summed E-state index contributed by atoms with van der Waals surface area (Å²) in [5, 5.41) is 0. The summed E-state index contributed by atoms with van der Waals surface area (Å²) in [4.78, 5) is 13.9. The number of amides is 1. The van der Waals surface area contributed by atoms with Crippen molar-refractivity contribution in [2.75, 3.05) is 33.2 Å². The van der Waals surface area contributed by atoms with Gasteiger partial charge in [-0.3, -0.25) is 4.79 Å². The topological polar surface area (TPSA) is 60.9 Å². The summed E-state index contributed by atoms with van der Waals surface area (Å²) < 4.78 is 28.6. The molecule has 0 radical (unpaired) electrons. The van der Waals surface area contributed by atoms with Crippen LogP contribution in [0, 0.1) is 11.8 Å². The van der Waals surface area contributed by atoms with E-state index in [2.05, 4.69) is 0 Å². The van der Waals surface area contributed by atoms with Crippen molar-refractivity contribution in [3.63, 3.8) is 0 Å². The molecule has 2 fully saturated rings. The Bertz CT molecular complexity index is 502. The summed E-state index contributed by atoms with van der Waals surface area (Å²) in [6.07, 6.45) is 2.94. The minimum Gasteiger partial charge on any atom is -0.341 e. The SMILES string of the molecule is CC(C)C(=O)N1CCCN(S(=O)(=O)N(C)[C@@H](C)C2CC2)CC1. The second-order valence-electron chi connectivity index (χ2n) is 6.83. The Balaban J connectivity index is 2.01. The summed E-state index contributed by atoms with van der Waals surface area (Å²) in [7, 11) is -1.75. The normalized spacial score (nSPS) is 22.9. The standard InChI is InChI=1S/C15H29N3O3S/c1-12(2)15(19)17-8-5-9-18(11-10-17)22(20,21)16(4)13(3)14-6-7-14/h12-14H,5-11H2,1-4H3/t13-/m0/s1. The Labute approximate surface area is 134 Å². The van der Waals surface area contributed by atoms with E-state index >= 15 is 0 Å². The van der Waals surface area contributed by atoms with Gasteiger partial charge in [-0.15, -0.1) is 0 Å². The highest BCUT2D eigenvalue weighted by atomic mass is 32.2. The zero-order valence-electron chi connectivity index (χ0n) is 14.2. The number of hydrogen-bond acceptors (Lipinski definition) is 3. The van der Waals surface area contributed by atoms with E-state index in [9.17, 15) is 13.2 Å². The van der Waals surface area contributed by atoms with Crippen LogP contribution in [-0.4, -0.2) is 67.1 Å². The minimum atomic E-state index is -3.43. The number of hydrogen-bond donors (Lipinski definition) is 0. The van der Waals surface area contributed by atoms with Crippen LogP contribution in [0.2, 0.25) is 0 Å². The number of carbonyl (C=O) groups excluding carboxylic acids is 1. The summed E-state index contributed by atoms with van der Waals surface area (Å²) in [6, 6.07) is 0.0571. The van der Waals surface area contributed by atoms with E-state index in [0.29, 0.717) is 38.5 Å². The maximum atomic E-state index is 12.8. The number of carbonyl (C=O) groups is 1. The zero-order valence-corrected chi connectivity index (χ0v) is 15.0. The van der Waals surface area contributed by atoms with Gasteiger partial charge in [-0.2, -0.15) is 17.0 Å². The van der Waals surface area contributed by atoms with Gasteiger partial charge in [0.15, 0.2) is 0 Å². The third-order valence-electron chi connectivity index (χ3n) is 4.83. The maximum absolute atomic E-state index is 12.8. The molecule has 6 nitrogen and oxygen atoms in total. The van der Waals surface area contributed by atoms with Gasteiger partial charge in [0.2, 0.25) is 5.91 Å². The minimum absolute atomic E-state index is 0.0410. The van der Waals surface area contributed by atoms with Crippen molar-refractivity contribution in [3.8, 4) is 0 Å². The van der Waals surface area contributed by atoms with E-state index in [-0.39, 0.29) is 17.9 Å². The Morgan fingerprint density at radius 2 is 1.73 bits per heavy atom. The van der Waals surface area contributed by atoms with E-state index in [1.54, 1.807) is 16.3 Å². The number of nitrogens with zero attached hydrogens (tertiary/aromatic N) is 3. The average molecular weight is 331 g/mol. The molecule has 2 aliphatic rings. The van der Waals surface area contributed by atoms with Gasteiger partial charge in [0, 0.05) is 45.2 Å². The zero-order chi connectivity index (χ0) is 16.5. The summed E-state index contributed by atoms with van der Waals surface area (Å²) >= 11 is 0. The fourth-order valence-electron chi connectivity index (χ4n) is 2.98. The highest BCUT2D eigenvalue weighted by Gasteiger charge is 2.38. The Hall–Kier alpha value is -0.660. The summed E-state index contributed by atoms with van der Waals surface area (Å²) in [5.74, 6) is 0.574. The van der Waals surface area contributed by atoms with Crippen LogP contribution >= 0.6 is 0 Å². The Kier molecular flexibility index (Phi) is 5.50. The monoisotopic (exact) mass is 331 g/mol. The van der Waals surface area contributed by atoms with E-state index in [0.717, 1.165) is 12.8 Å². The van der Waals surface area contributed by atoms with Crippen molar-refractivity contribution in [1.29, 1.82) is 0 Å². The van der Waals surface area contributed by atoms with Gasteiger partial charge >= 0.3 is 0 Å². The van der Waals surface area contributed by atoms with Gasteiger partial charge in [-0.1, -0.05) is 13.8 Å². The molecule has 128 valence electrons. The molecule has 1 atom stereocenters. The van der Waals surface area contributed by atoms with Gasteiger partial charge < -0.3 is 4.90 Å². The second-order valence-corrected chi connectivity index (χ2v) is 8.82. The fourth-order valence-corrected chi connectivity index (χ4v) is 4.61. The first-order valence-electron chi connectivity index (χ1n) is 8.27. The largest absolute Gasteiger partial charge is 0.341 e. The third-order valence-corrected chi connectivity index (χ3v) is 6.91. The molecule has 1 aliphatic carbocycles. The van der Waals surface area contributed by atoms with E-state index in [4.69, 9.17) is 0 Å². The smallest absolute Gasteiger partial charge is 0.282 e.